The monoisotopic (exact) mass is 265 g/mol. The van der Waals surface area contributed by atoms with E-state index in [1.165, 1.54) is 16.7 Å². The first kappa shape index (κ1) is 13.0. The third-order valence-corrected chi connectivity index (χ3v) is 4.10. The molecule has 0 saturated carbocycles. The van der Waals surface area contributed by atoms with E-state index < -0.39 is 12.0 Å². The van der Waals surface area contributed by atoms with Gasteiger partial charge >= 0.3 is 5.97 Å². The minimum Gasteiger partial charge on any atom is -0.480 e. The molecule has 1 atom stereocenters. The Morgan fingerprint density at radius 3 is 2.83 bits per heavy atom. The number of amides is 1. The van der Waals surface area contributed by atoms with Crippen molar-refractivity contribution in [2.24, 2.45) is 0 Å². The molecule has 2 rings (SSSR count). The number of hydrogen-bond acceptors (Lipinski definition) is 3. The van der Waals surface area contributed by atoms with E-state index in [-0.39, 0.29) is 12.3 Å². The van der Waals surface area contributed by atoms with Gasteiger partial charge in [-0.05, 0) is 18.1 Å². The maximum Gasteiger partial charge on any atom is 0.327 e. The summed E-state index contributed by atoms with van der Waals surface area (Å²) in [6.45, 7) is 1.95. The van der Waals surface area contributed by atoms with Crippen LogP contribution in [-0.4, -0.2) is 39.6 Å². The zero-order valence-electron chi connectivity index (χ0n) is 10.1. The predicted molar refractivity (Wildman–Crippen MR) is 70.5 cm³/mol. The van der Waals surface area contributed by atoms with Crippen LogP contribution in [0.4, 0.5) is 0 Å². The summed E-state index contributed by atoms with van der Waals surface area (Å²) in [4.78, 5) is 24.6. The SMILES string of the molecule is Cc1ccccc1CC(=O)N1CSC[C@H]1C(=O)O. The molecule has 0 spiro atoms. The van der Waals surface area contributed by atoms with Crippen LogP contribution in [0, 0.1) is 6.92 Å². The molecule has 1 heterocycles. The first-order valence-electron chi connectivity index (χ1n) is 5.74. The Morgan fingerprint density at radius 1 is 1.44 bits per heavy atom. The number of nitrogens with zero attached hydrogens (tertiary/aromatic N) is 1. The molecule has 18 heavy (non-hydrogen) atoms. The second-order valence-corrected chi connectivity index (χ2v) is 5.32. The predicted octanol–water partition coefficient (Wildman–Crippen LogP) is 1.52. The average Bonchev–Trinajstić information content (AvgIpc) is 2.81. The van der Waals surface area contributed by atoms with Crippen LogP contribution >= 0.6 is 11.8 Å². The summed E-state index contributed by atoms with van der Waals surface area (Å²) < 4.78 is 0. The van der Waals surface area contributed by atoms with Crippen LogP contribution in [0.3, 0.4) is 0 Å². The van der Waals surface area contributed by atoms with Crippen molar-refractivity contribution >= 4 is 23.6 Å². The van der Waals surface area contributed by atoms with Gasteiger partial charge in [-0.15, -0.1) is 11.8 Å². The minimum absolute atomic E-state index is 0.110. The van der Waals surface area contributed by atoms with Crippen molar-refractivity contribution in [2.45, 2.75) is 19.4 Å². The highest BCUT2D eigenvalue weighted by molar-refractivity contribution is 7.99. The Labute approximate surface area is 110 Å². The Kier molecular flexibility index (Phi) is 3.91. The summed E-state index contributed by atoms with van der Waals surface area (Å²) in [5.74, 6) is -0.0730. The second kappa shape index (κ2) is 5.44. The fourth-order valence-electron chi connectivity index (χ4n) is 1.97. The number of carbonyl (C=O) groups is 2. The van der Waals surface area contributed by atoms with Crippen molar-refractivity contribution in [1.82, 2.24) is 4.90 Å². The van der Waals surface area contributed by atoms with Gasteiger partial charge in [0.2, 0.25) is 5.91 Å². The lowest BCUT2D eigenvalue weighted by Gasteiger charge is -2.20. The summed E-state index contributed by atoms with van der Waals surface area (Å²) in [6.07, 6.45) is 0.275. The number of carbonyl (C=O) groups excluding carboxylic acids is 1. The molecule has 1 N–H and O–H groups in total. The fourth-order valence-corrected chi connectivity index (χ4v) is 3.14. The smallest absolute Gasteiger partial charge is 0.327 e. The minimum atomic E-state index is -0.918. The van der Waals surface area contributed by atoms with Crippen molar-refractivity contribution in [2.75, 3.05) is 11.6 Å². The van der Waals surface area contributed by atoms with Crippen LogP contribution < -0.4 is 0 Å². The van der Waals surface area contributed by atoms with E-state index in [0.29, 0.717) is 11.6 Å². The number of aliphatic carboxylic acids is 1. The van der Waals surface area contributed by atoms with E-state index in [1.54, 1.807) is 0 Å². The zero-order chi connectivity index (χ0) is 13.1. The highest BCUT2D eigenvalue weighted by Gasteiger charge is 2.34. The van der Waals surface area contributed by atoms with E-state index in [9.17, 15) is 9.59 Å². The number of hydrogen-bond donors (Lipinski definition) is 1. The second-order valence-electron chi connectivity index (χ2n) is 4.32. The van der Waals surface area contributed by atoms with Gasteiger partial charge in [0.05, 0.1) is 12.3 Å². The van der Waals surface area contributed by atoms with Crippen molar-refractivity contribution < 1.29 is 14.7 Å². The summed E-state index contributed by atoms with van der Waals surface area (Å²) >= 11 is 1.49. The standard InChI is InChI=1S/C13H15NO3S/c1-9-4-2-3-5-10(9)6-12(15)14-8-18-7-11(14)13(16)17/h2-5,11H,6-8H2,1H3,(H,16,17)/t11-/m0/s1. The third kappa shape index (κ3) is 2.67. The number of aryl methyl sites for hydroxylation is 1. The van der Waals surface area contributed by atoms with Gasteiger partial charge in [-0.3, -0.25) is 4.79 Å². The lowest BCUT2D eigenvalue weighted by atomic mass is 10.1. The first-order chi connectivity index (χ1) is 8.59. The lowest BCUT2D eigenvalue weighted by molar-refractivity contribution is -0.147. The van der Waals surface area contributed by atoms with Gasteiger partial charge in [-0.25, -0.2) is 4.79 Å². The van der Waals surface area contributed by atoms with E-state index in [0.717, 1.165) is 11.1 Å². The van der Waals surface area contributed by atoms with E-state index in [2.05, 4.69) is 0 Å². The number of rotatable bonds is 3. The molecular weight excluding hydrogens is 250 g/mol. The third-order valence-electron chi connectivity index (χ3n) is 3.09. The van der Waals surface area contributed by atoms with Crippen LogP contribution in [0.25, 0.3) is 0 Å². The molecule has 0 aliphatic carbocycles. The van der Waals surface area contributed by atoms with Crippen LogP contribution in [0.5, 0.6) is 0 Å². The molecule has 96 valence electrons. The fraction of sp³-hybridized carbons (Fsp3) is 0.385. The number of thioether (sulfide) groups is 1. The van der Waals surface area contributed by atoms with Gasteiger partial charge in [-0.1, -0.05) is 24.3 Å². The molecule has 1 aromatic carbocycles. The van der Waals surface area contributed by atoms with E-state index in [1.807, 2.05) is 31.2 Å². The summed E-state index contributed by atoms with van der Waals surface area (Å²) in [5.41, 5.74) is 2.02. The molecule has 1 fully saturated rings. The molecule has 0 bridgehead atoms. The summed E-state index contributed by atoms with van der Waals surface area (Å²) in [5, 5.41) is 9.05. The molecule has 1 aliphatic heterocycles. The highest BCUT2D eigenvalue weighted by Crippen LogP contribution is 2.22. The van der Waals surface area contributed by atoms with Crippen LogP contribution in [0.2, 0.25) is 0 Å². The Balaban J connectivity index is 2.08. The quantitative estimate of drug-likeness (QED) is 0.900. The topological polar surface area (TPSA) is 57.6 Å². The van der Waals surface area contributed by atoms with Crippen molar-refractivity contribution in [3.8, 4) is 0 Å². The molecule has 0 unspecified atom stereocenters. The van der Waals surface area contributed by atoms with Crippen molar-refractivity contribution in [3.63, 3.8) is 0 Å². The molecule has 0 radical (unpaired) electrons. The molecule has 1 amide bonds. The van der Waals surface area contributed by atoms with Crippen molar-refractivity contribution in [3.05, 3.63) is 35.4 Å². The van der Waals surface area contributed by atoms with Crippen LogP contribution in [0.15, 0.2) is 24.3 Å². The van der Waals surface area contributed by atoms with Crippen LogP contribution in [0.1, 0.15) is 11.1 Å². The van der Waals surface area contributed by atoms with Crippen molar-refractivity contribution in [1.29, 1.82) is 0 Å². The molecule has 5 heteroatoms. The molecule has 1 saturated heterocycles. The van der Waals surface area contributed by atoms with E-state index in [4.69, 9.17) is 5.11 Å². The average molecular weight is 265 g/mol. The summed E-state index contributed by atoms with van der Waals surface area (Å²) in [6, 6.07) is 7.01. The maximum absolute atomic E-state index is 12.1. The zero-order valence-corrected chi connectivity index (χ0v) is 10.9. The first-order valence-corrected chi connectivity index (χ1v) is 6.89. The molecule has 1 aromatic rings. The summed E-state index contributed by atoms with van der Waals surface area (Å²) in [7, 11) is 0. The number of benzene rings is 1. The Hall–Kier alpha value is -1.49. The number of carboxylic acid groups (broad SMARTS) is 1. The molecule has 1 aliphatic rings. The number of carboxylic acids is 1. The van der Waals surface area contributed by atoms with Gasteiger partial charge in [0.1, 0.15) is 6.04 Å². The van der Waals surface area contributed by atoms with E-state index >= 15 is 0 Å². The molecule has 0 aromatic heterocycles. The largest absolute Gasteiger partial charge is 0.480 e. The normalized spacial score (nSPS) is 18.9. The van der Waals surface area contributed by atoms with Gasteiger partial charge in [0, 0.05) is 5.75 Å². The highest BCUT2D eigenvalue weighted by atomic mass is 32.2. The van der Waals surface area contributed by atoms with Gasteiger partial charge in [-0.2, -0.15) is 0 Å². The Bertz CT molecular complexity index is 475. The molecule has 4 nitrogen and oxygen atoms in total. The van der Waals surface area contributed by atoms with Gasteiger partial charge in [0.15, 0.2) is 0 Å². The van der Waals surface area contributed by atoms with Crippen LogP contribution in [-0.2, 0) is 16.0 Å². The van der Waals surface area contributed by atoms with Gasteiger partial charge < -0.3 is 10.0 Å². The maximum atomic E-state index is 12.1. The van der Waals surface area contributed by atoms with Gasteiger partial charge in [0.25, 0.3) is 0 Å². The molecular formula is C13H15NO3S. The lowest BCUT2D eigenvalue weighted by Crippen LogP contribution is -2.42. The Morgan fingerprint density at radius 2 is 2.17 bits per heavy atom.